The Hall–Kier alpha value is -0.0800. The summed E-state index contributed by atoms with van der Waals surface area (Å²) in [5, 5.41) is 0. The van der Waals surface area contributed by atoms with Gasteiger partial charge in [-0.1, -0.05) is 0 Å². The van der Waals surface area contributed by atoms with E-state index in [0.717, 1.165) is 0 Å². The number of nitrogens with one attached hydrogen (secondary N) is 1. The van der Waals surface area contributed by atoms with Crippen molar-refractivity contribution in [3.8, 4) is 0 Å². The molecule has 0 aliphatic carbocycles. The molecule has 0 rings (SSSR count). The second-order valence-electron chi connectivity index (χ2n) is 2.21. The number of hydrogen-bond donors (Lipinski definition) is 0. The van der Waals surface area contributed by atoms with Crippen LogP contribution >= 0.6 is 0 Å². The molecule has 0 atom stereocenters. The van der Waals surface area contributed by atoms with Crippen molar-refractivity contribution in [2.45, 2.75) is 26.4 Å². The second kappa shape index (κ2) is 1.58. The zero-order valence-electron chi connectivity index (χ0n) is 4.41. The fourth-order valence-electron chi connectivity index (χ4n) is 0. The van der Waals surface area contributed by atoms with Crippen LogP contribution in [0.4, 0.5) is 0 Å². The highest BCUT2D eigenvalue weighted by Crippen LogP contribution is 2.01. The molecule has 0 aromatic rings. The number of hydrogen-bond acceptors (Lipinski definition) is 1. The first kappa shape index (κ1) is 5.92. The summed E-state index contributed by atoms with van der Waals surface area (Å²) >= 11 is 0. The average Bonchev–Trinajstić information content (AvgIpc) is 1.35. The Morgan fingerprint density at radius 2 is 1.50 bits per heavy atom. The fraction of sp³-hybridized carbons (Fsp3) is 1.00. The Bertz CT molecular complexity index is 37.3. The summed E-state index contributed by atoms with van der Waals surface area (Å²) in [6, 6.07) is 0. The van der Waals surface area contributed by atoms with Crippen LogP contribution in [0.15, 0.2) is 0 Å². The van der Waals surface area contributed by atoms with Crippen molar-refractivity contribution in [1.82, 2.24) is 5.90 Å². The van der Waals surface area contributed by atoms with Crippen LogP contribution in [0.5, 0.6) is 0 Å². The van der Waals surface area contributed by atoms with Gasteiger partial charge in [-0.2, -0.15) is 0 Å². The van der Waals surface area contributed by atoms with E-state index >= 15 is 0 Å². The van der Waals surface area contributed by atoms with Crippen LogP contribution < -0.4 is 5.90 Å². The normalized spacial score (nSPS) is 12.0. The maximum Gasteiger partial charge on any atom is 0.0830 e. The smallest absolute Gasteiger partial charge is 0.0830 e. The van der Waals surface area contributed by atoms with E-state index in [-0.39, 0.29) is 5.60 Å². The Kier molecular flexibility index (Phi) is 1.56. The monoisotopic (exact) mass is 88.1 g/mol. The maximum absolute atomic E-state index is 6.35. The molecule has 0 saturated carbocycles. The van der Waals surface area contributed by atoms with Crippen molar-refractivity contribution in [1.29, 1.82) is 0 Å². The molecule has 0 aromatic heterocycles. The van der Waals surface area contributed by atoms with Gasteiger partial charge in [-0.15, -0.1) is 5.90 Å². The predicted molar refractivity (Wildman–Crippen MR) is 23.9 cm³/mol. The molecule has 0 amide bonds. The molecular weight excluding hydrogens is 78.0 g/mol. The van der Waals surface area contributed by atoms with Gasteiger partial charge >= 0.3 is 0 Å². The van der Waals surface area contributed by atoms with Crippen molar-refractivity contribution in [2.24, 2.45) is 0 Å². The van der Waals surface area contributed by atoms with E-state index in [1.807, 2.05) is 20.8 Å². The molecule has 0 unspecified atom stereocenters. The molecule has 0 saturated heterocycles. The summed E-state index contributed by atoms with van der Waals surface area (Å²) < 4.78 is 0. The topological polar surface area (TPSA) is 33.0 Å². The van der Waals surface area contributed by atoms with E-state index in [1.54, 1.807) is 0 Å². The highest BCUT2D eigenvalue weighted by Gasteiger charge is 2.06. The Morgan fingerprint density at radius 1 is 1.33 bits per heavy atom. The van der Waals surface area contributed by atoms with Crippen LogP contribution in [0.25, 0.3) is 0 Å². The zero-order chi connectivity index (χ0) is 5.21. The second-order valence-corrected chi connectivity index (χ2v) is 2.21. The van der Waals surface area contributed by atoms with E-state index in [0.29, 0.717) is 0 Å². The third-order valence-corrected chi connectivity index (χ3v) is 0.306. The van der Waals surface area contributed by atoms with E-state index in [4.69, 9.17) is 5.90 Å². The minimum Gasteiger partial charge on any atom is -0.279 e. The lowest BCUT2D eigenvalue weighted by Crippen LogP contribution is -2.17. The first-order valence-electron chi connectivity index (χ1n) is 1.91. The van der Waals surface area contributed by atoms with Gasteiger partial charge in [0.15, 0.2) is 0 Å². The lowest BCUT2D eigenvalue weighted by molar-refractivity contribution is -0.0187. The number of rotatable bonds is 0. The van der Waals surface area contributed by atoms with Crippen molar-refractivity contribution in [2.75, 3.05) is 0 Å². The third-order valence-electron chi connectivity index (χ3n) is 0.306. The zero-order valence-corrected chi connectivity index (χ0v) is 4.41. The maximum atomic E-state index is 6.35. The quantitative estimate of drug-likeness (QED) is 0.406. The minimum absolute atomic E-state index is 0.292. The van der Waals surface area contributed by atoms with Gasteiger partial charge in [0.05, 0.1) is 5.60 Å². The molecule has 1 radical (unpaired) electrons. The van der Waals surface area contributed by atoms with Gasteiger partial charge in [-0.3, -0.25) is 4.84 Å². The van der Waals surface area contributed by atoms with Crippen LogP contribution in [0.3, 0.4) is 0 Å². The molecular formula is C4H10NO. The highest BCUT2D eigenvalue weighted by atomic mass is 16.6. The van der Waals surface area contributed by atoms with E-state index in [1.165, 1.54) is 0 Å². The summed E-state index contributed by atoms with van der Waals surface area (Å²) in [7, 11) is 0. The van der Waals surface area contributed by atoms with Crippen molar-refractivity contribution < 1.29 is 4.84 Å². The molecule has 0 bridgehead atoms. The largest absolute Gasteiger partial charge is 0.279 e. The van der Waals surface area contributed by atoms with Gasteiger partial charge in [0.25, 0.3) is 0 Å². The molecule has 0 aliphatic rings. The lowest BCUT2D eigenvalue weighted by atomic mass is 10.2. The van der Waals surface area contributed by atoms with Crippen LogP contribution in [0.2, 0.25) is 0 Å². The highest BCUT2D eigenvalue weighted by molar-refractivity contribution is 4.54. The molecule has 0 heterocycles. The average molecular weight is 88.1 g/mol. The Morgan fingerprint density at radius 3 is 1.50 bits per heavy atom. The fourth-order valence-corrected chi connectivity index (χ4v) is 0. The summed E-state index contributed by atoms with van der Waals surface area (Å²) in [6.45, 7) is 5.50. The van der Waals surface area contributed by atoms with Gasteiger partial charge in [-0.05, 0) is 20.8 Å². The van der Waals surface area contributed by atoms with Gasteiger partial charge in [-0.25, -0.2) is 0 Å². The molecule has 0 aliphatic heterocycles. The lowest BCUT2D eigenvalue weighted by Gasteiger charge is -2.11. The van der Waals surface area contributed by atoms with Crippen LogP contribution in [-0.4, -0.2) is 5.60 Å². The standard InChI is InChI=1S/C4H10NO/c1-4(2,3)6-5/h5H,1-3H3. The molecule has 1 N–H and O–H groups in total. The molecule has 37 valence electrons. The summed E-state index contributed by atoms with van der Waals surface area (Å²) in [6.07, 6.45) is 0. The minimum atomic E-state index is -0.292. The Labute approximate surface area is 38.2 Å². The molecule has 2 heteroatoms. The van der Waals surface area contributed by atoms with E-state index in [9.17, 15) is 0 Å². The molecule has 6 heavy (non-hydrogen) atoms. The van der Waals surface area contributed by atoms with Crippen LogP contribution in [-0.2, 0) is 4.84 Å². The summed E-state index contributed by atoms with van der Waals surface area (Å²) in [4.78, 5) is 4.19. The molecule has 0 fully saturated rings. The summed E-state index contributed by atoms with van der Waals surface area (Å²) in [5.41, 5.74) is -0.292. The molecule has 2 nitrogen and oxygen atoms in total. The third kappa shape index (κ3) is 3.92. The van der Waals surface area contributed by atoms with Crippen molar-refractivity contribution in [3.63, 3.8) is 0 Å². The molecule has 0 spiro atoms. The first-order chi connectivity index (χ1) is 2.56. The predicted octanol–water partition coefficient (Wildman–Crippen LogP) is 0.999. The Balaban J connectivity index is 3.17. The van der Waals surface area contributed by atoms with Gasteiger partial charge in [0.1, 0.15) is 0 Å². The van der Waals surface area contributed by atoms with Crippen molar-refractivity contribution in [3.05, 3.63) is 0 Å². The molecule has 0 aromatic carbocycles. The van der Waals surface area contributed by atoms with E-state index < -0.39 is 0 Å². The van der Waals surface area contributed by atoms with Gasteiger partial charge < -0.3 is 0 Å². The van der Waals surface area contributed by atoms with Crippen LogP contribution in [0.1, 0.15) is 20.8 Å². The van der Waals surface area contributed by atoms with Crippen molar-refractivity contribution >= 4 is 0 Å². The van der Waals surface area contributed by atoms with Gasteiger partial charge in [0, 0.05) is 0 Å². The SMILES string of the molecule is CC(C)(C)O[NH]. The van der Waals surface area contributed by atoms with Gasteiger partial charge in [0.2, 0.25) is 0 Å². The van der Waals surface area contributed by atoms with Crippen LogP contribution in [0, 0.1) is 0 Å². The summed E-state index contributed by atoms with van der Waals surface area (Å²) in [5.74, 6) is 6.35. The van der Waals surface area contributed by atoms with E-state index in [2.05, 4.69) is 4.84 Å². The first-order valence-corrected chi connectivity index (χ1v) is 1.91.